The van der Waals surface area contributed by atoms with Crippen molar-refractivity contribution in [3.05, 3.63) is 21.6 Å². The smallest absolute Gasteiger partial charge is 0.287 e. The van der Waals surface area contributed by atoms with Gasteiger partial charge in [-0.25, -0.2) is 4.68 Å². The predicted octanol–water partition coefficient (Wildman–Crippen LogP) is 1.03. The summed E-state index contributed by atoms with van der Waals surface area (Å²) in [7, 11) is 0. The summed E-state index contributed by atoms with van der Waals surface area (Å²) in [6.07, 6.45) is 1.45. The second-order valence-electron chi connectivity index (χ2n) is 4.02. The molecular weight excluding hydrogens is 256 g/mol. The van der Waals surface area contributed by atoms with Crippen LogP contribution in [0.3, 0.4) is 0 Å². The standard InChI is InChI=1S/C11H17ClN4O2/c1-4-13-9(17)6-14-8-5-15-16(7(2)3)11(18)10(8)12/h5,7,14H,4,6H2,1-3H3,(H,13,17). The summed E-state index contributed by atoms with van der Waals surface area (Å²) in [5.74, 6) is -0.165. The molecule has 0 atom stereocenters. The van der Waals surface area contributed by atoms with Gasteiger partial charge >= 0.3 is 0 Å². The topological polar surface area (TPSA) is 76.0 Å². The first kappa shape index (κ1) is 14.5. The lowest BCUT2D eigenvalue weighted by Gasteiger charge is -2.12. The fraction of sp³-hybridized carbons (Fsp3) is 0.545. The molecule has 1 amide bonds. The van der Waals surface area contributed by atoms with Crippen molar-refractivity contribution in [2.45, 2.75) is 26.8 Å². The van der Waals surface area contributed by atoms with Gasteiger partial charge in [-0.1, -0.05) is 11.6 Å². The molecule has 0 unspecified atom stereocenters. The van der Waals surface area contributed by atoms with Crippen LogP contribution in [-0.2, 0) is 4.79 Å². The first-order valence-corrected chi connectivity index (χ1v) is 6.13. The number of aromatic nitrogens is 2. The van der Waals surface area contributed by atoms with Crippen LogP contribution in [-0.4, -0.2) is 28.8 Å². The number of carbonyl (C=O) groups is 1. The minimum Gasteiger partial charge on any atom is -0.373 e. The molecule has 0 saturated carbocycles. The Hall–Kier alpha value is -1.56. The van der Waals surface area contributed by atoms with E-state index in [4.69, 9.17) is 11.6 Å². The lowest BCUT2D eigenvalue weighted by molar-refractivity contribution is -0.119. The summed E-state index contributed by atoms with van der Waals surface area (Å²) in [5.41, 5.74) is -0.00242. The molecular formula is C11H17ClN4O2. The summed E-state index contributed by atoms with van der Waals surface area (Å²) in [6, 6.07) is -0.0626. The van der Waals surface area contributed by atoms with Crippen LogP contribution in [0.1, 0.15) is 26.8 Å². The number of rotatable bonds is 5. The zero-order valence-corrected chi connectivity index (χ0v) is 11.4. The van der Waals surface area contributed by atoms with Crippen LogP contribution in [0.25, 0.3) is 0 Å². The van der Waals surface area contributed by atoms with Crippen molar-refractivity contribution in [2.75, 3.05) is 18.4 Å². The van der Waals surface area contributed by atoms with E-state index in [-0.39, 0.29) is 29.1 Å². The molecule has 0 aliphatic carbocycles. The molecule has 0 saturated heterocycles. The first-order valence-electron chi connectivity index (χ1n) is 5.75. The maximum absolute atomic E-state index is 11.8. The Labute approximate surface area is 110 Å². The Morgan fingerprint density at radius 2 is 2.22 bits per heavy atom. The van der Waals surface area contributed by atoms with Crippen LogP contribution < -0.4 is 16.2 Å². The Morgan fingerprint density at radius 1 is 1.56 bits per heavy atom. The molecule has 18 heavy (non-hydrogen) atoms. The van der Waals surface area contributed by atoms with E-state index in [9.17, 15) is 9.59 Å². The van der Waals surface area contributed by atoms with Crippen molar-refractivity contribution >= 4 is 23.2 Å². The highest BCUT2D eigenvalue weighted by Crippen LogP contribution is 2.15. The number of nitrogens with zero attached hydrogens (tertiary/aromatic N) is 2. The molecule has 6 nitrogen and oxygen atoms in total. The van der Waals surface area contributed by atoms with Gasteiger partial charge < -0.3 is 10.6 Å². The van der Waals surface area contributed by atoms with Crippen LogP contribution in [0.5, 0.6) is 0 Å². The van der Waals surface area contributed by atoms with Gasteiger partial charge in [-0.05, 0) is 20.8 Å². The van der Waals surface area contributed by atoms with Gasteiger partial charge in [0.05, 0.1) is 24.5 Å². The lowest BCUT2D eigenvalue weighted by atomic mass is 10.4. The molecule has 1 aromatic heterocycles. The minimum absolute atomic E-state index is 0.0444. The highest BCUT2D eigenvalue weighted by atomic mass is 35.5. The monoisotopic (exact) mass is 272 g/mol. The van der Waals surface area contributed by atoms with Gasteiger partial charge in [-0.3, -0.25) is 9.59 Å². The van der Waals surface area contributed by atoms with Gasteiger partial charge in [0.15, 0.2) is 0 Å². The second-order valence-corrected chi connectivity index (χ2v) is 4.40. The van der Waals surface area contributed by atoms with Crippen LogP contribution in [0.15, 0.2) is 11.0 Å². The number of amides is 1. The molecule has 1 rings (SSSR count). The molecule has 7 heteroatoms. The summed E-state index contributed by atoms with van der Waals surface area (Å²) >= 11 is 5.94. The number of nitrogens with one attached hydrogen (secondary N) is 2. The highest BCUT2D eigenvalue weighted by molar-refractivity contribution is 6.33. The Morgan fingerprint density at radius 3 is 2.78 bits per heavy atom. The van der Waals surface area contributed by atoms with E-state index in [2.05, 4.69) is 15.7 Å². The first-order chi connectivity index (χ1) is 8.47. The quantitative estimate of drug-likeness (QED) is 0.839. The summed E-state index contributed by atoms with van der Waals surface area (Å²) in [4.78, 5) is 23.1. The summed E-state index contributed by atoms with van der Waals surface area (Å²) in [6.45, 7) is 6.12. The molecule has 100 valence electrons. The van der Waals surface area contributed by atoms with E-state index < -0.39 is 0 Å². The van der Waals surface area contributed by atoms with E-state index >= 15 is 0 Å². The van der Waals surface area contributed by atoms with Crippen molar-refractivity contribution in [1.29, 1.82) is 0 Å². The molecule has 1 aromatic rings. The Kier molecular flexibility index (Phi) is 5.15. The third-order valence-corrected chi connectivity index (χ3v) is 2.61. The largest absolute Gasteiger partial charge is 0.373 e. The van der Waals surface area contributed by atoms with Gasteiger partial charge in [0.1, 0.15) is 5.02 Å². The van der Waals surface area contributed by atoms with E-state index in [0.29, 0.717) is 12.2 Å². The fourth-order valence-electron chi connectivity index (χ4n) is 1.37. The van der Waals surface area contributed by atoms with Crippen molar-refractivity contribution in [3.63, 3.8) is 0 Å². The average molecular weight is 273 g/mol. The summed E-state index contributed by atoms with van der Waals surface area (Å²) in [5, 5.41) is 9.45. The van der Waals surface area contributed by atoms with Crippen molar-refractivity contribution < 1.29 is 4.79 Å². The van der Waals surface area contributed by atoms with E-state index in [0.717, 1.165) is 0 Å². The normalized spacial score (nSPS) is 10.5. The number of carbonyl (C=O) groups excluding carboxylic acids is 1. The number of halogens is 1. The van der Waals surface area contributed by atoms with Gasteiger partial charge in [-0.2, -0.15) is 5.10 Å². The van der Waals surface area contributed by atoms with Crippen LogP contribution in [0.2, 0.25) is 5.02 Å². The third kappa shape index (κ3) is 3.46. The van der Waals surface area contributed by atoms with E-state index in [1.54, 1.807) is 0 Å². The molecule has 0 radical (unpaired) electrons. The summed E-state index contributed by atoms with van der Waals surface area (Å²) < 4.78 is 1.29. The molecule has 0 aromatic carbocycles. The third-order valence-electron chi connectivity index (χ3n) is 2.25. The minimum atomic E-state index is -0.368. The van der Waals surface area contributed by atoms with Crippen molar-refractivity contribution in [3.8, 4) is 0 Å². The number of anilines is 1. The molecule has 0 bridgehead atoms. The molecule has 0 aliphatic heterocycles. The lowest BCUT2D eigenvalue weighted by Crippen LogP contribution is -2.31. The average Bonchev–Trinajstić information content (AvgIpc) is 2.31. The van der Waals surface area contributed by atoms with Crippen molar-refractivity contribution in [2.24, 2.45) is 0 Å². The SMILES string of the molecule is CCNC(=O)CNc1cnn(C(C)C)c(=O)c1Cl. The number of likely N-dealkylation sites (N-methyl/N-ethyl adjacent to an activating group) is 1. The van der Waals surface area contributed by atoms with Gasteiger partial charge in [0, 0.05) is 6.54 Å². The van der Waals surface area contributed by atoms with Gasteiger partial charge in [0.25, 0.3) is 5.56 Å². The maximum atomic E-state index is 11.8. The highest BCUT2D eigenvalue weighted by Gasteiger charge is 2.11. The fourth-order valence-corrected chi connectivity index (χ4v) is 1.57. The van der Waals surface area contributed by atoms with Crippen LogP contribution in [0, 0.1) is 0 Å². The van der Waals surface area contributed by atoms with Crippen LogP contribution in [0.4, 0.5) is 5.69 Å². The molecule has 2 N–H and O–H groups in total. The number of hydrogen-bond acceptors (Lipinski definition) is 4. The maximum Gasteiger partial charge on any atom is 0.287 e. The van der Waals surface area contributed by atoms with Crippen molar-refractivity contribution in [1.82, 2.24) is 15.1 Å². The molecule has 0 spiro atoms. The van der Waals surface area contributed by atoms with E-state index in [1.165, 1.54) is 10.9 Å². The Balaban J connectivity index is 2.83. The van der Waals surface area contributed by atoms with E-state index in [1.807, 2.05) is 20.8 Å². The molecule has 0 fully saturated rings. The second kappa shape index (κ2) is 6.39. The zero-order valence-electron chi connectivity index (χ0n) is 10.7. The van der Waals surface area contributed by atoms with Gasteiger partial charge in [0.2, 0.25) is 5.91 Å². The predicted molar refractivity (Wildman–Crippen MR) is 71.1 cm³/mol. The molecule has 1 heterocycles. The zero-order chi connectivity index (χ0) is 13.7. The van der Waals surface area contributed by atoms with Crippen LogP contribution >= 0.6 is 11.6 Å². The Bertz CT molecular complexity index is 484. The van der Waals surface area contributed by atoms with Gasteiger partial charge in [-0.15, -0.1) is 0 Å². The number of hydrogen-bond donors (Lipinski definition) is 2. The molecule has 0 aliphatic rings.